The summed E-state index contributed by atoms with van der Waals surface area (Å²) in [6, 6.07) is 11.1. The van der Waals surface area contributed by atoms with Gasteiger partial charge in [-0.3, -0.25) is 4.79 Å². The summed E-state index contributed by atoms with van der Waals surface area (Å²) in [6.07, 6.45) is -4.41. The van der Waals surface area contributed by atoms with E-state index in [9.17, 15) is 18.0 Å². The number of rotatable bonds is 6. The molecule has 0 atom stereocenters. The van der Waals surface area contributed by atoms with Crippen LogP contribution in [0.3, 0.4) is 0 Å². The number of carbonyl (C=O) groups is 1. The van der Waals surface area contributed by atoms with E-state index in [1.807, 2.05) is 13.8 Å². The topological polar surface area (TPSA) is 117 Å². The summed E-state index contributed by atoms with van der Waals surface area (Å²) in [6.45, 7) is 3.45. The summed E-state index contributed by atoms with van der Waals surface area (Å²) in [5.41, 5.74) is 6.39. The van der Waals surface area contributed by atoms with E-state index >= 15 is 0 Å². The minimum absolute atomic E-state index is 0.0521. The zero-order valence-corrected chi connectivity index (χ0v) is 15.4. The van der Waals surface area contributed by atoms with Crippen LogP contribution >= 0.6 is 0 Å². The first-order valence-corrected chi connectivity index (χ1v) is 8.28. The predicted octanol–water partition coefficient (Wildman–Crippen LogP) is 3.36. The van der Waals surface area contributed by atoms with Crippen LogP contribution in [0.2, 0.25) is 0 Å². The second-order valence-corrected chi connectivity index (χ2v) is 5.22. The van der Waals surface area contributed by atoms with Crippen LogP contribution in [0.15, 0.2) is 53.6 Å². The van der Waals surface area contributed by atoms with E-state index in [1.54, 1.807) is 24.3 Å². The average molecular weight is 397 g/mol. The number of nitrogens with zero attached hydrogens (tertiary/aromatic N) is 2. The molecule has 0 radical (unpaired) electrons. The number of halogens is 3. The van der Waals surface area contributed by atoms with Crippen molar-refractivity contribution in [3.05, 3.63) is 59.7 Å². The van der Waals surface area contributed by atoms with E-state index in [2.05, 4.69) is 10.4 Å². The number of hydrazone groups is 1. The molecule has 0 aliphatic rings. The largest absolute Gasteiger partial charge is 0.480 e. The number of hydrogen-bond acceptors (Lipinski definition) is 5. The van der Waals surface area contributed by atoms with Crippen LogP contribution in [-0.4, -0.2) is 28.6 Å². The lowest BCUT2D eigenvalue weighted by Gasteiger charge is -2.15. The number of nitrogens with two attached hydrogens (primary N) is 2. The Labute approximate surface area is 160 Å². The Hall–Kier alpha value is -3.27. The van der Waals surface area contributed by atoms with E-state index in [4.69, 9.17) is 16.7 Å². The molecule has 0 saturated carbocycles. The number of amidine groups is 1. The molecule has 0 aliphatic carbocycles. The predicted molar refractivity (Wildman–Crippen MR) is 102 cm³/mol. The lowest BCUT2D eigenvalue weighted by atomic mass is 10.1. The van der Waals surface area contributed by atoms with Crippen molar-refractivity contribution in [1.82, 2.24) is 5.12 Å². The monoisotopic (exact) mass is 397 g/mol. The Morgan fingerprint density at radius 2 is 1.71 bits per heavy atom. The molecular weight excluding hydrogens is 375 g/mol. The van der Waals surface area contributed by atoms with E-state index in [0.29, 0.717) is 22.1 Å². The fraction of sp³-hybridized carbons (Fsp3) is 0.222. The Morgan fingerprint density at radius 1 is 1.14 bits per heavy atom. The van der Waals surface area contributed by atoms with Crippen LogP contribution < -0.4 is 16.9 Å². The molecule has 6 N–H and O–H groups in total. The van der Waals surface area contributed by atoms with Crippen molar-refractivity contribution >= 4 is 23.2 Å². The summed E-state index contributed by atoms with van der Waals surface area (Å²) in [5, 5.41) is 16.1. The van der Waals surface area contributed by atoms with Crippen LogP contribution in [-0.2, 0) is 11.0 Å². The highest BCUT2D eigenvalue weighted by Crippen LogP contribution is 2.30. The molecule has 0 heterocycles. The Morgan fingerprint density at radius 3 is 2.25 bits per heavy atom. The molecule has 152 valence electrons. The normalized spacial score (nSPS) is 11.3. The second kappa shape index (κ2) is 10.2. The van der Waals surface area contributed by atoms with Gasteiger partial charge in [-0.1, -0.05) is 26.0 Å². The lowest BCUT2D eigenvalue weighted by molar-refractivity contribution is -0.139. The zero-order chi connectivity index (χ0) is 21.3. The number of alkyl halides is 3. The number of aliphatic carboxylic acids is 1. The van der Waals surface area contributed by atoms with Gasteiger partial charge in [0.15, 0.2) is 12.4 Å². The average Bonchev–Trinajstić information content (AvgIpc) is 2.62. The third-order valence-electron chi connectivity index (χ3n) is 3.23. The molecule has 7 nitrogen and oxygen atoms in total. The number of hydrogen-bond donors (Lipinski definition) is 4. The van der Waals surface area contributed by atoms with E-state index < -0.39 is 24.3 Å². The van der Waals surface area contributed by atoms with Gasteiger partial charge < -0.3 is 16.2 Å². The second-order valence-electron chi connectivity index (χ2n) is 5.22. The standard InChI is InChI=1S/C16H16F3N5O2.C2H6/c17-16(18,19)10-5-7-11(8-6-10)22-13-4-2-1-3-12(13)15(20)23-24(21)9-14(25)26;1-2/h1-8,22H,9,21H2,(H2,20,23)(H,25,26);1-2H3. The van der Waals surface area contributed by atoms with Crippen molar-refractivity contribution in [2.75, 3.05) is 11.9 Å². The van der Waals surface area contributed by atoms with Crippen molar-refractivity contribution in [1.29, 1.82) is 0 Å². The smallest absolute Gasteiger partial charge is 0.416 e. The van der Waals surface area contributed by atoms with E-state index in [0.717, 1.165) is 12.1 Å². The molecule has 0 aliphatic heterocycles. The van der Waals surface area contributed by atoms with Crippen molar-refractivity contribution in [3.63, 3.8) is 0 Å². The van der Waals surface area contributed by atoms with Gasteiger partial charge in [-0.05, 0) is 36.4 Å². The fourth-order valence-corrected chi connectivity index (χ4v) is 2.08. The SMILES string of the molecule is CC.N/C(=N\N(N)CC(=O)O)c1ccccc1Nc1ccc(C(F)(F)F)cc1. The first-order valence-electron chi connectivity index (χ1n) is 8.28. The molecular formula is C18H22F3N5O2. The van der Waals surface area contributed by atoms with Gasteiger partial charge in [0, 0.05) is 16.9 Å². The number of nitrogens with one attached hydrogen (secondary N) is 1. The van der Waals surface area contributed by atoms with Gasteiger partial charge in [0.25, 0.3) is 0 Å². The minimum atomic E-state index is -4.41. The van der Waals surface area contributed by atoms with Crippen LogP contribution in [0.4, 0.5) is 24.5 Å². The lowest BCUT2D eigenvalue weighted by Crippen LogP contribution is -2.34. The maximum atomic E-state index is 12.6. The molecule has 2 rings (SSSR count). The highest BCUT2D eigenvalue weighted by Gasteiger charge is 2.29. The van der Waals surface area contributed by atoms with Crippen LogP contribution in [0, 0.1) is 0 Å². The number of hydrazine groups is 1. The van der Waals surface area contributed by atoms with Crippen molar-refractivity contribution in [3.8, 4) is 0 Å². The highest BCUT2D eigenvalue weighted by molar-refractivity contribution is 6.02. The highest BCUT2D eigenvalue weighted by atomic mass is 19.4. The summed E-state index contributed by atoms with van der Waals surface area (Å²) in [7, 11) is 0. The maximum absolute atomic E-state index is 12.6. The Bertz CT molecular complexity index is 808. The third kappa shape index (κ3) is 6.80. The van der Waals surface area contributed by atoms with Gasteiger partial charge in [0.2, 0.25) is 0 Å². The van der Waals surface area contributed by atoms with Gasteiger partial charge in [0.05, 0.1) is 5.56 Å². The number of carboxylic acid groups (broad SMARTS) is 1. The Balaban J connectivity index is 0.00000190. The minimum Gasteiger partial charge on any atom is -0.480 e. The molecule has 0 saturated heterocycles. The van der Waals surface area contributed by atoms with Gasteiger partial charge >= 0.3 is 12.1 Å². The fourth-order valence-electron chi connectivity index (χ4n) is 2.08. The molecule has 28 heavy (non-hydrogen) atoms. The quantitative estimate of drug-likeness (QED) is 0.257. The van der Waals surface area contributed by atoms with Gasteiger partial charge in [-0.25, -0.2) is 11.0 Å². The van der Waals surface area contributed by atoms with Crippen molar-refractivity contribution in [2.24, 2.45) is 16.7 Å². The molecule has 0 spiro atoms. The summed E-state index contributed by atoms with van der Waals surface area (Å²) >= 11 is 0. The molecule has 0 amide bonds. The van der Waals surface area contributed by atoms with Crippen molar-refractivity contribution < 1.29 is 23.1 Å². The van der Waals surface area contributed by atoms with Crippen LogP contribution in [0.1, 0.15) is 25.0 Å². The number of benzene rings is 2. The summed E-state index contributed by atoms with van der Waals surface area (Å²) in [5.74, 6) is 4.20. The molecule has 10 heteroatoms. The van der Waals surface area contributed by atoms with Gasteiger partial charge in [-0.15, -0.1) is 5.10 Å². The van der Waals surface area contributed by atoms with Crippen LogP contribution in [0.5, 0.6) is 0 Å². The van der Waals surface area contributed by atoms with E-state index in [-0.39, 0.29) is 5.84 Å². The van der Waals surface area contributed by atoms with Gasteiger partial charge in [0.1, 0.15) is 0 Å². The van der Waals surface area contributed by atoms with Crippen LogP contribution in [0.25, 0.3) is 0 Å². The zero-order valence-electron chi connectivity index (χ0n) is 15.4. The number of anilines is 2. The van der Waals surface area contributed by atoms with E-state index in [1.165, 1.54) is 12.1 Å². The number of para-hydroxylation sites is 1. The molecule has 0 fully saturated rings. The Kier molecular flexibility index (Phi) is 8.27. The molecule has 0 unspecified atom stereocenters. The molecule has 2 aromatic carbocycles. The number of carboxylic acids is 1. The molecule has 2 aromatic rings. The molecule has 0 aromatic heterocycles. The summed E-state index contributed by atoms with van der Waals surface area (Å²) in [4.78, 5) is 10.6. The maximum Gasteiger partial charge on any atom is 0.416 e. The summed E-state index contributed by atoms with van der Waals surface area (Å²) < 4.78 is 37.9. The molecule has 0 bridgehead atoms. The van der Waals surface area contributed by atoms with Crippen molar-refractivity contribution in [2.45, 2.75) is 20.0 Å². The third-order valence-corrected chi connectivity index (χ3v) is 3.23. The van der Waals surface area contributed by atoms with Gasteiger partial charge in [-0.2, -0.15) is 13.2 Å². The first-order chi connectivity index (χ1) is 13.2. The first kappa shape index (κ1) is 22.8.